The molecule has 6 nitrogen and oxygen atoms in total. The molecule has 0 radical (unpaired) electrons. The van der Waals surface area contributed by atoms with Crippen molar-refractivity contribution < 1.29 is 19.1 Å². The zero-order chi connectivity index (χ0) is 22.9. The number of hydrogen-bond acceptors (Lipinski definition) is 4. The van der Waals surface area contributed by atoms with Crippen LogP contribution < -0.4 is 10.1 Å². The van der Waals surface area contributed by atoms with E-state index in [2.05, 4.69) is 23.5 Å². The van der Waals surface area contributed by atoms with E-state index in [9.17, 15) is 14.4 Å². The summed E-state index contributed by atoms with van der Waals surface area (Å²) in [5.74, 6) is 1.58. The van der Waals surface area contributed by atoms with Crippen LogP contribution in [-0.4, -0.2) is 29.2 Å². The highest BCUT2D eigenvalue weighted by atomic mass is 16.5. The highest BCUT2D eigenvalue weighted by Gasteiger charge is 2.67. The molecule has 1 N–H and O–H groups in total. The predicted octanol–water partition coefficient (Wildman–Crippen LogP) is 4.09. The predicted molar refractivity (Wildman–Crippen MR) is 122 cm³/mol. The van der Waals surface area contributed by atoms with Gasteiger partial charge in [0.15, 0.2) is 0 Å². The van der Waals surface area contributed by atoms with E-state index in [0.717, 1.165) is 23.3 Å². The van der Waals surface area contributed by atoms with Crippen LogP contribution in [0, 0.1) is 49.4 Å². The summed E-state index contributed by atoms with van der Waals surface area (Å²) in [6.07, 6.45) is 5.40. The molecule has 2 aromatic rings. The van der Waals surface area contributed by atoms with Crippen molar-refractivity contribution in [1.29, 1.82) is 0 Å². The van der Waals surface area contributed by atoms with Gasteiger partial charge in [0.2, 0.25) is 17.7 Å². The average Bonchev–Trinajstić information content (AvgIpc) is 3.55. The largest absolute Gasteiger partial charge is 0.457 e. The lowest BCUT2D eigenvalue weighted by atomic mass is 9.63. The summed E-state index contributed by atoms with van der Waals surface area (Å²) in [5.41, 5.74) is 2.84. The summed E-state index contributed by atoms with van der Waals surface area (Å²) in [5, 5.41) is 2.80. The van der Waals surface area contributed by atoms with E-state index in [1.165, 1.54) is 4.90 Å². The maximum absolute atomic E-state index is 13.0. The molecule has 5 aliphatic rings. The monoisotopic (exact) mass is 442 g/mol. The van der Waals surface area contributed by atoms with E-state index < -0.39 is 0 Å². The molecule has 0 aromatic heterocycles. The molecule has 3 fully saturated rings. The van der Waals surface area contributed by atoms with E-state index in [1.807, 2.05) is 26.0 Å². The van der Waals surface area contributed by atoms with Gasteiger partial charge in [0.25, 0.3) is 0 Å². The topological polar surface area (TPSA) is 75.7 Å². The van der Waals surface area contributed by atoms with Crippen molar-refractivity contribution in [2.45, 2.75) is 20.3 Å². The molecule has 6 heteroatoms. The van der Waals surface area contributed by atoms with Gasteiger partial charge in [-0.05, 0) is 91.5 Å². The summed E-state index contributed by atoms with van der Waals surface area (Å²) in [6, 6.07) is 13.1. The molecule has 2 bridgehead atoms. The Morgan fingerprint density at radius 3 is 2.06 bits per heavy atom. The number of nitrogens with zero attached hydrogens (tertiary/aromatic N) is 1. The second kappa shape index (κ2) is 7.30. The van der Waals surface area contributed by atoms with Crippen LogP contribution in [0.5, 0.6) is 11.5 Å². The lowest BCUT2D eigenvalue weighted by Crippen LogP contribution is -2.40. The first-order valence-corrected chi connectivity index (χ1v) is 11.6. The van der Waals surface area contributed by atoms with E-state index in [-0.39, 0.29) is 47.9 Å². The number of carbonyl (C=O) groups is 3. The molecule has 2 aromatic carbocycles. The number of anilines is 1. The Balaban J connectivity index is 1.09. The first-order chi connectivity index (χ1) is 15.9. The van der Waals surface area contributed by atoms with E-state index in [1.54, 1.807) is 24.3 Å². The minimum atomic E-state index is -0.371. The molecule has 6 atom stereocenters. The van der Waals surface area contributed by atoms with Gasteiger partial charge in [-0.15, -0.1) is 0 Å². The van der Waals surface area contributed by atoms with Crippen LogP contribution in [0.1, 0.15) is 17.5 Å². The first kappa shape index (κ1) is 20.2. The number of aryl methyl sites for hydroxylation is 2. The lowest BCUT2D eigenvalue weighted by Gasteiger charge is -2.37. The molecular weight excluding hydrogens is 416 g/mol. The highest BCUT2D eigenvalue weighted by Crippen LogP contribution is 2.65. The number of allylic oxidation sites excluding steroid dienone is 2. The minimum absolute atomic E-state index is 0.166. The van der Waals surface area contributed by atoms with Crippen molar-refractivity contribution >= 4 is 23.4 Å². The Morgan fingerprint density at radius 2 is 1.48 bits per heavy atom. The molecule has 7 rings (SSSR count). The van der Waals surface area contributed by atoms with Gasteiger partial charge >= 0.3 is 0 Å². The molecule has 4 aliphatic carbocycles. The van der Waals surface area contributed by atoms with Crippen LogP contribution in [0.25, 0.3) is 0 Å². The van der Waals surface area contributed by atoms with Crippen molar-refractivity contribution in [3.63, 3.8) is 0 Å². The quantitative estimate of drug-likeness (QED) is 0.559. The van der Waals surface area contributed by atoms with Crippen molar-refractivity contribution in [1.82, 2.24) is 4.90 Å². The number of likely N-dealkylation sites (tertiary alicyclic amines) is 1. The van der Waals surface area contributed by atoms with Crippen molar-refractivity contribution in [2.75, 3.05) is 11.9 Å². The Bertz CT molecular complexity index is 1140. The third-order valence-corrected chi connectivity index (χ3v) is 7.62. The average molecular weight is 443 g/mol. The molecule has 168 valence electrons. The molecule has 1 aliphatic heterocycles. The fraction of sp³-hybridized carbons (Fsp3) is 0.370. The van der Waals surface area contributed by atoms with E-state index in [4.69, 9.17) is 4.74 Å². The lowest BCUT2D eigenvalue weighted by molar-refractivity contribution is -0.142. The molecule has 0 unspecified atom stereocenters. The van der Waals surface area contributed by atoms with E-state index >= 15 is 0 Å². The molecule has 1 heterocycles. The Hall–Kier alpha value is -3.41. The van der Waals surface area contributed by atoms with E-state index in [0.29, 0.717) is 23.3 Å². The number of benzene rings is 2. The van der Waals surface area contributed by atoms with Crippen LogP contribution in [-0.2, 0) is 14.4 Å². The second-order valence-corrected chi connectivity index (χ2v) is 9.92. The summed E-state index contributed by atoms with van der Waals surface area (Å²) in [4.78, 5) is 39.9. The van der Waals surface area contributed by atoms with Crippen molar-refractivity contribution in [3.05, 3.63) is 65.7 Å². The van der Waals surface area contributed by atoms with Crippen LogP contribution in [0.15, 0.2) is 54.6 Å². The first-order valence-electron chi connectivity index (χ1n) is 11.6. The summed E-state index contributed by atoms with van der Waals surface area (Å²) >= 11 is 0. The van der Waals surface area contributed by atoms with Gasteiger partial charge in [0.05, 0.1) is 11.8 Å². The molecule has 3 amide bonds. The standard InChI is InChI=1S/C27H26N2O4/c1-14-9-15(2)11-18(10-14)33-17-5-3-16(4-6-17)28-23(30)13-29-26(31)24-19-7-8-20(22-12-21(19)22)25(24)27(29)32/h3-11,19-22,24-25H,12-13H2,1-2H3,(H,28,30)/t19-,20+,21-,22-,24+,25-/m1/s1. The van der Waals surface area contributed by atoms with Gasteiger partial charge < -0.3 is 10.1 Å². The maximum Gasteiger partial charge on any atom is 0.244 e. The number of rotatable bonds is 5. The van der Waals surface area contributed by atoms with Gasteiger partial charge in [0.1, 0.15) is 18.0 Å². The van der Waals surface area contributed by atoms with Gasteiger partial charge in [-0.2, -0.15) is 0 Å². The van der Waals surface area contributed by atoms with Gasteiger partial charge in [-0.25, -0.2) is 0 Å². The molecule has 1 saturated heterocycles. The van der Waals surface area contributed by atoms with Gasteiger partial charge in [-0.3, -0.25) is 19.3 Å². The third-order valence-electron chi connectivity index (χ3n) is 7.62. The fourth-order valence-corrected chi connectivity index (χ4v) is 6.25. The molecule has 2 saturated carbocycles. The maximum atomic E-state index is 13.0. The third kappa shape index (κ3) is 3.36. The van der Waals surface area contributed by atoms with Crippen LogP contribution in [0.3, 0.4) is 0 Å². The number of ether oxygens (including phenoxy) is 1. The summed E-state index contributed by atoms with van der Waals surface area (Å²) in [7, 11) is 0. The fourth-order valence-electron chi connectivity index (χ4n) is 6.25. The number of imide groups is 1. The van der Waals surface area contributed by atoms with Crippen molar-refractivity contribution in [2.24, 2.45) is 35.5 Å². The second-order valence-electron chi connectivity index (χ2n) is 9.92. The molecular formula is C27H26N2O4. The summed E-state index contributed by atoms with van der Waals surface area (Å²) < 4.78 is 5.91. The normalized spacial score (nSPS) is 30.8. The SMILES string of the molecule is Cc1cc(C)cc(Oc2ccc(NC(=O)CN3C(=O)[C@@H]4[C@H]5C=C[C@H]([C@H]6C[C@H]56)[C@@H]4C3=O)cc2)c1. The minimum Gasteiger partial charge on any atom is -0.457 e. The van der Waals surface area contributed by atoms with Crippen LogP contribution in [0.4, 0.5) is 5.69 Å². The Morgan fingerprint density at radius 1 is 0.909 bits per heavy atom. The zero-order valence-corrected chi connectivity index (χ0v) is 18.7. The number of nitrogens with one attached hydrogen (secondary N) is 1. The highest BCUT2D eigenvalue weighted by molar-refractivity contribution is 6.09. The number of hydrogen-bond donors (Lipinski definition) is 1. The van der Waals surface area contributed by atoms with Crippen molar-refractivity contribution in [3.8, 4) is 11.5 Å². The zero-order valence-electron chi connectivity index (χ0n) is 18.7. The smallest absolute Gasteiger partial charge is 0.244 e. The van der Waals surface area contributed by atoms with Gasteiger partial charge in [-0.1, -0.05) is 18.2 Å². The van der Waals surface area contributed by atoms with Crippen LogP contribution >= 0.6 is 0 Å². The number of amides is 3. The summed E-state index contributed by atoms with van der Waals surface area (Å²) in [6.45, 7) is 3.81. The van der Waals surface area contributed by atoms with Crippen LogP contribution in [0.2, 0.25) is 0 Å². The molecule has 0 spiro atoms. The number of carbonyl (C=O) groups excluding carboxylic acids is 3. The Labute approximate surface area is 192 Å². The van der Waals surface area contributed by atoms with Gasteiger partial charge in [0, 0.05) is 5.69 Å². The molecule has 33 heavy (non-hydrogen) atoms. The Kier molecular flexibility index (Phi) is 4.47.